The van der Waals surface area contributed by atoms with Crippen molar-refractivity contribution in [2.45, 2.75) is 45.1 Å². The molecule has 0 aliphatic carbocycles. The molecule has 1 aliphatic rings. The third kappa shape index (κ3) is 4.12. The van der Waals surface area contributed by atoms with Crippen molar-refractivity contribution >= 4 is 5.91 Å². The van der Waals surface area contributed by atoms with Gasteiger partial charge >= 0.3 is 0 Å². The van der Waals surface area contributed by atoms with Crippen molar-refractivity contribution in [3.05, 3.63) is 36.4 Å². The second kappa shape index (κ2) is 7.30. The van der Waals surface area contributed by atoms with Crippen molar-refractivity contribution in [2.75, 3.05) is 13.1 Å². The average molecular weight is 314 g/mol. The van der Waals surface area contributed by atoms with Gasteiger partial charge < -0.3 is 4.90 Å². The highest BCUT2D eigenvalue weighted by atomic mass is 16.2. The molecule has 1 aliphatic heterocycles. The number of hydrogen-bond donors (Lipinski definition) is 0. The molecule has 1 amide bonds. The van der Waals surface area contributed by atoms with E-state index < -0.39 is 0 Å². The van der Waals surface area contributed by atoms with Gasteiger partial charge in [0.2, 0.25) is 5.91 Å². The van der Waals surface area contributed by atoms with Crippen LogP contribution < -0.4 is 0 Å². The van der Waals surface area contributed by atoms with Gasteiger partial charge in [-0.3, -0.25) is 9.48 Å². The first-order valence-electron chi connectivity index (χ1n) is 8.12. The van der Waals surface area contributed by atoms with Crippen LogP contribution >= 0.6 is 0 Å². The average Bonchev–Trinajstić information content (AvgIpc) is 3.08. The molecule has 2 aromatic heterocycles. The van der Waals surface area contributed by atoms with E-state index in [0.29, 0.717) is 12.3 Å². The Morgan fingerprint density at radius 2 is 2.17 bits per heavy atom. The van der Waals surface area contributed by atoms with Crippen LogP contribution in [0.2, 0.25) is 0 Å². The normalized spacial score (nSPS) is 15.8. The lowest BCUT2D eigenvalue weighted by Gasteiger charge is -2.31. The zero-order valence-electron chi connectivity index (χ0n) is 13.4. The second-order valence-electron chi connectivity index (χ2n) is 5.95. The first kappa shape index (κ1) is 15.6. The molecule has 0 aromatic carbocycles. The summed E-state index contributed by atoms with van der Waals surface area (Å²) in [6, 6.07) is 1.99. The highest BCUT2D eigenvalue weighted by Gasteiger charge is 2.24. The summed E-state index contributed by atoms with van der Waals surface area (Å²) in [4.78, 5) is 26.8. The van der Waals surface area contributed by atoms with Crippen LogP contribution in [-0.4, -0.2) is 48.6 Å². The van der Waals surface area contributed by atoms with Crippen molar-refractivity contribution in [1.29, 1.82) is 0 Å². The number of carbonyl (C=O) groups excluding carboxylic acids is 1. The molecule has 7 nitrogen and oxygen atoms in total. The molecule has 23 heavy (non-hydrogen) atoms. The van der Waals surface area contributed by atoms with E-state index >= 15 is 0 Å². The fourth-order valence-corrected chi connectivity index (χ4v) is 3.03. The van der Waals surface area contributed by atoms with Crippen LogP contribution in [0.1, 0.15) is 43.1 Å². The van der Waals surface area contributed by atoms with Crippen LogP contribution in [-0.2, 0) is 11.3 Å². The smallest absolute Gasteiger partial charge is 0.222 e. The number of aryl methyl sites for hydroxylation is 2. The second-order valence-corrected chi connectivity index (χ2v) is 5.95. The van der Waals surface area contributed by atoms with Crippen LogP contribution in [0.25, 0.3) is 0 Å². The number of aromatic nitrogens is 5. The Hall–Kier alpha value is -2.31. The molecule has 0 unspecified atom stereocenters. The van der Waals surface area contributed by atoms with Gasteiger partial charge in [-0.05, 0) is 32.3 Å². The summed E-state index contributed by atoms with van der Waals surface area (Å²) in [7, 11) is 0. The van der Waals surface area contributed by atoms with Gasteiger partial charge in [-0.2, -0.15) is 5.10 Å². The summed E-state index contributed by atoms with van der Waals surface area (Å²) >= 11 is 0. The van der Waals surface area contributed by atoms with E-state index in [0.717, 1.165) is 50.4 Å². The largest absolute Gasteiger partial charge is 0.343 e. The fourth-order valence-electron chi connectivity index (χ4n) is 3.03. The highest BCUT2D eigenvalue weighted by molar-refractivity contribution is 5.76. The van der Waals surface area contributed by atoms with Gasteiger partial charge in [0.05, 0.1) is 0 Å². The summed E-state index contributed by atoms with van der Waals surface area (Å²) in [5.41, 5.74) is 1.11. The molecule has 122 valence electrons. The van der Waals surface area contributed by atoms with Crippen molar-refractivity contribution in [3.63, 3.8) is 0 Å². The third-order valence-electron chi connectivity index (χ3n) is 4.31. The molecule has 1 fully saturated rings. The number of piperidine rings is 1. The number of hydrogen-bond acceptors (Lipinski definition) is 5. The van der Waals surface area contributed by atoms with Gasteiger partial charge in [0.15, 0.2) is 0 Å². The summed E-state index contributed by atoms with van der Waals surface area (Å²) in [6.07, 6.45) is 8.33. The van der Waals surface area contributed by atoms with Crippen LogP contribution in [0.15, 0.2) is 24.9 Å². The topological polar surface area (TPSA) is 76.8 Å². The number of nitrogens with zero attached hydrogens (tertiary/aromatic N) is 6. The maximum Gasteiger partial charge on any atom is 0.222 e. The Labute approximate surface area is 135 Å². The Bertz CT molecular complexity index is 634. The van der Waals surface area contributed by atoms with E-state index in [2.05, 4.69) is 20.1 Å². The predicted molar refractivity (Wildman–Crippen MR) is 84.6 cm³/mol. The number of likely N-dealkylation sites (tertiary alicyclic amines) is 1. The third-order valence-corrected chi connectivity index (χ3v) is 4.31. The Morgan fingerprint density at radius 3 is 2.87 bits per heavy atom. The van der Waals surface area contributed by atoms with Crippen LogP contribution in [0.5, 0.6) is 0 Å². The molecule has 0 atom stereocenters. The summed E-state index contributed by atoms with van der Waals surface area (Å²) in [5, 5.41) is 4.04. The molecule has 2 aromatic rings. The van der Waals surface area contributed by atoms with Crippen LogP contribution in [0.3, 0.4) is 0 Å². The molecule has 0 spiro atoms. The van der Waals surface area contributed by atoms with Gasteiger partial charge in [-0.25, -0.2) is 15.0 Å². The van der Waals surface area contributed by atoms with E-state index in [1.54, 1.807) is 11.0 Å². The number of rotatable bonds is 5. The van der Waals surface area contributed by atoms with Gasteiger partial charge in [-0.1, -0.05) is 0 Å². The van der Waals surface area contributed by atoms with Crippen molar-refractivity contribution in [1.82, 2.24) is 29.6 Å². The summed E-state index contributed by atoms with van der Waals surface area (Å²) < 4.78 is 1.76. The standard InChI is InChI=1S/C16H22N6O/c1-13-18-7-4-15(20-13)14-5-9-21(10-6-14)16(23)3-2-8-22-12-17-11-19-22/h4,7,11-12,14H,2-3,5-6,8-10H2,1H3. The Balaban J connectivity index is 1.44. The summed E-state index contributed by atoms with van der Waals surface area (Å²) in [5.74, 6) is 1.49. The zero-order valence-corrected chi connectivity index (χ0v) is 13.4. The van der Waals surface area contributed by atoms with E-state index in [1.807, 2.05) is 24.1 Å². The first-order valence-corrected chi connectivity index (χ1v) is 8.12. The number of carbonyl (C=O) groups is 1. The molecular formula is C16H22N6O. The molecule has 0 radical (unpaired) electrons. The monoisotopic (exact) mass is 314 g/mol. The Morgan fingerprint density at radius 1 is 1.35 bits per heavy atom. The molecule has 3 heterocycles. The molecule has 0 saturated carbocycles. The molecule has 3 rings (SSSR count). The SMILES string of the molecule is Cc1nccc(C2CCN(C(=O)CCCn3cncn3)CC2)n1. The van der Waals surface area contributed by atoms with E-state index in [-0.39, 0.29) is 5.91 Å². The van der Waals surface area contributed by atoms with Crippen LogP contribution in [0, 0.1) is 6.92 Å². The minimum absolute atomic E-state index is 0.238. The maximum absolute atomic E-state index is 12.3. The van der Waals surface area contributed by atoms with Crippen LogP contribution in [0.4, 0.5) is 0 Å². The van der Waals surface area contributed by atoms with E-state index in [4.69, 9.17) is 0 Å². The predicted octanol–water partition coefficient (Wildman–Crippen LogP) is 1.56. The quantitative estimate of drug-likeness (QED) is 0.837. The minimum Gasteiger partial charge on any atom is -0.343 e. The summed E-state index contributed by atoms with van der Waals surface area (Å²) in [6.45, 7) is 4.28. The molecule has 7 heteroatoms. The first-order chi connectivity index (χ1) is 11.2. The van der Waals surface area contributed by atoms with E-state index in [1.165, 1.54) is 6.33 Å². The maximum atomic E-state index is 12.3. The van der Waals surface area contributed by atoms with Gasteiger partial charge in [0.25, 0.3) is 0 Å². The van der Waals surface area contributed by atoms with Crippen molar-refractivity contribution in [3.8, 4) is 0 Å². The number of amides is 1. The Kier molecular flexibility index (Phi) is 4.95. The molecule has 1 saturated heterocycles. The minimum atomic E-state index is 0.238. The van der Waals surface area contributed by atoms with Crippen molar-refractivity contribution in [2.24, 2.45) is 0 Å². The lowest BCUT2D eigenvalue weighted by atomic mass is 9.93. The van der Waals surface area contributed by atoms with Crippen molar-refractivity contribution < 1.29 is 4.79 Å². The van der Waals surface area contributed by atoms with Gasteiger partial charge in [0, 0.05) is 43.9 Å². The zero-order chi connectivity index (χ0) is 16.1. The van der Waals surface area contributed by atoms with E-state index in [9.17, 15) is 4.79 Å². The molecule has 0 N–H and O–H groups in total. The van der Waals surface area contributed by atoms with Gasteiger partial charge in [0.1, 0.15) is 18.5 Å². The lowest BCUT2D eigenvalue weighted by molar-refractivity contribution is -0.132. The molecular weight excluding hydrogens is 292 g/mol. The highest BCUT2D eigenvalue weighted by Crippen LogP contribution is 2.26. The lowest BCUT2D eigenvalue weighted by Crippen LogP contribution is -2.38. The van der Waals surface area contributed by atoms with Gasteiger partial charge in [-0.15, -0.1) is 0 Å². The fraction of sp³-hybridized carbons (Fsp3) is 0.562. The molecule has 0 bridgehead atoms.